The molecular formula is C10H11N3O. The molecule has 3 rings (SSSR count). The van der Waals surface area contributed by atoms with E-state index in [0.29, 0.717) is 6.04 Å². The Balaban J connectivity index is 1.82. The summed E-state index contributed by atoms with van der Waals surface area (Å²) in [6.45, 7) is 0. The molecule has 0 amide bonds. The Labute approximate surface area is 81.3 Å². The molecule has 1 aliphatic carbocycles. The molecule has 0 bridgehead atoms. The lowest BCUT2D eigenvalue weighted by atomic mass is 10.3. The van der Waals surface area contributed by atoms with E-state index in [1.807, 2.05) is 18.2 Å². The number of furan rings is 1. The molecule has 4 nitrogen and oxygen atoms in total. The van der Waals surface area contributed by atoms with Crippen LogP contribution in [0.3, 0.4) is 0 Å². The third-order valence-corrected chi connectivity index (χ3v) is 2.29. The minimum absolute atomic E-state index is 0.628. The quantitative estimate of drug-likeness (QED) is 0.778. The summed E-state index contributed by atoms with van der Waals surface area (Å²) in [5.41, 5.74) is 0.915. The number of anilines is 1. The van der Waals surface area contributed by atoms with Crippen LogP contribution in [0.1, 0.15) is 12.8 Å². The number of hydrogen-bond donors (Lipinski definition) is 2. The van der Waals surface area contributed by atoms with Crippen molar-refractivity contribution < 1.29 is 4.42 Å². The predicted molar refractivity (Wildman–Crippen MR) is 52.9 cm³/mol. The molecule has 0 aromatic carbocycles. The number of aromatic amines is 1. The Morgan fingerprint density at radius 2 is 2.43 bits per heavy atom. The predicted octanol–water partition coefficient (Wildman–Crippen LogP) is 2.24. The largest absolute Gasteiger partial charge is 0.463 e. The van der Waals surface area contributed by atoms with Crippen LogP contribution in [-0.4, -0.2) is 16.2 Å². The third kappa shape index (κ3) is 1.39. The minimum Gasteiger partial charge on any atom is -0.463 e. The van der Waals surface area contributed by atoms with E-state index in [9.17, 15) is 0 Å². The first-order chi connectivity index (χ1) is 6.92. The molecule has 0 atom stereocenters. The molecule has 4 heteroatoms. The highest BCUT2D eigenvalue weighted by Crippen LogP contribution is 2.26. The lowest BCUT2D eigenvalue weighted by Gasteiger charge is -1.95. The smallest absolute Gasteiger partial charge is 0.151 e. The highest BCUT2D eigenvalue weighted by atomic mass is 16.3. The summed E-state index contributed by atoms with van der Waals surface area (Å²) in [4.78, 5) is 0. The van der Waals surface area contributed by atoms with Gasteiger partial charge in [-0.15, -0.1) is 0 Å². The van der Waals surface area contributed by atoms with Crippen molar-refractivity contribution in [1.82, 2.24) is 10.2 Å². The van der Waals surface area contributed by atoms with Gasteiger partial charge in [0.15, 0.2) is 5.76 Å². The molecule has 1 fully saturated rings. The van der Waals surface area contributed by atoms with Gasteiger partial charge in [0.2, 0.25) is 0 Å². The van der Waals surface area contributed by atoms with Gasteiger partial charge in [-0.3, -0.25) is 5.10 Å². The SMILES string of the molecule is c1coc(-c2cc(NC3CC3)n[nH]2)c1. The van der Waals surface area contributed by atoms with E-state index >= 15 is 0 Å². The summed E-state index contributed by atoms with van der Waals surface area (Å²) < 4.78 is 5.25. The van der Waals surface area contributed by atoms with Crippen LogP contribution < -0.4 is 5.32 Å². The molecule has 1 aliphatic rings. The number of nitrogens with one attached hydrogen (secondary N) is 2. The molecule has 0 radical (unpaired) electrons. The van der Waals surface area contributed by atoms with Crippen LogP contribution in [0.4, 0.5) is 5.82 Å². The van der Waals surface area contributed by atoms with E-state index in [0.717, 1.165) is 17.3 Å². The Bertz CT molecular complexity index is 414. The van der Waals surface area contributed by atoms with Gasteiger partial charge < -0.3 is 9.73 Å². The zero-order chi connectivity index (χ0) is 9.38. The van der Waals surface area contributed by atoms with Crippen molar-refractivity contribution in [2.24, 2.45) is 0 Å². The molecule has 2 aromatic heterocycles. The maximum atomic E-state index is 5.25. The summed E-state index contributed by atoms with van der Waals surface area (Å²) in [5, 5.41) is 10.4. The van der Waals surface area contributed by atoms with Crippen molar-refractivity contribution in [2.75, 3.05) is 5.32 Å². The average Bonchev–Trinajstić information content (AvgIpc) is 2.71. The Morgan fingerprint density at radius 1 is 1.50 bits per heavy atom. The second kappa shape index (κ2) is 2.90. The molecule has 0 spiro atoms. The van der Waals surface area contributed by atoms with Gasteiger partial charge in [-0.05, 0) is 25.0 Å². The van der Waals surface area contributed by atoms with Gasteiger partial charge in [-0.2, -0.15) is 5.10 Å². The maximum Gasteiger partial charge on any atom is 0.151 e. The van der Waals surface area contributed by atoms with Crippen LogP contribution in [0.25, 0.3) is 11.5 Å². The first-order valence-electron chi connectivity index (χ1n) is 4.77. The van der Waals surface area contributed by atoms with Gasteiger partial charge in [-0.1, -0.05) is 0 Å². The summed E-state index contributed by atoms with van der Waals surface area (Å²) in [6.07, 6.45) is 4.16. The average molecular weight is 189 g/mol. The van der Waals surface area contributed by atoms with Crippen LogP contribution in [0, 0.1) is 0 Å². The molecule has 2 aromatic rings. The zero-order valence-corrected chi connectivity index (χ0v) is 7.66. The first-order valence-corrected chi connectivity index (χ1v) is 4.77. The molecule has 0 aliphatic heterocycles. The van der Waals surface area contributed by atoms with Crippen LogP contribution in [-0.2, 0) is 0 Å². The molecule has 72 valence electrons. The molecule has 0 saturated heterocycles. The second-order valence-electron chi connectivity index (χ2n) is 3.56. The number of H-pyrrole nitrogens is 1. The van der Waals surface area contributed by atoms with Crippen molar-refractivity contribution in [1.29, 1.82) is 0 Å². The van der Waals surface area contributed by atoms with Crippen molar-refractivity contribution >= 4 is 5.82 Å². The third-order valence-electron chi connectivity index (χ3n) is 2.29. The van der Waals surface area contributed by atoms with Gasteiger partial charge in [0.05, 0.1) is 6.26 Å². The zero-order valence-electron chi connectivity index (χ0n) is 7.66. The van der Waals surface area contributed by atoms with Crippen LogP contribution >= 0.6 is 0 Å². The number of hydrogen-bond acceptors (Lipinski definition) is 3. The molecule has 2 heterocycles. The van der Waals surface area contributed by atoms with Gasteiger partial charge in [0, 0.05) is 12.1 Å². The first kappa shape index (κ1) is 7.67. The van der Waals surface area contributed by atoms with Crippen LogP contribution in [0.2, 0.25) is 0 Å². The van der Waals surface area contributed by atoms with E-state index < -0.39 is 0 Å². The standard InChI is InChI=1S/C10H11N3O/c1-2-9(14-5-1)8-6-10(13-12-8)11-7-3-4-7/h1-2,5-7H,3-4H2,(H2,11,12,13). The van der Waals surface area contributed by atoms with Gasteiger partial charge in [0.1, 0.15) is 11.5 Å². The monoisotopic (exact) mass is 189 g/mol. The highest BCUT2D eigenvalue weighted by molar-refractivity contribution is 5.57. The Kier molecular flexibility index (Phi) is 1.59. The normalized spacial score (nSPS) is 15.7. The highest BCUT2D eigenvalue weighted by Gasteiger charge is 2.21. The van der Waals surface area contributed by atoms with Crippen molar-refractivity contribution in [3.8, 4) is 11.5 Å². The minimum atomic E-state index is 0.628. The number of nitrogens with zero attached hydrogens (tertiary/aromatic N) is 1. The summed E-state index contributed by atoms with van der Waals surface area (Å²) in [7, 11) is 0. The molecule has 0 unspecified atom stereocenters. The van der Waals surface area contributed by atoms with Gasteiger partial charge in [0.25, 0.3) is 0 Å². The van der Waals surface area contributed by atoms with E-state index in [-0.39, 0.29) is 0 Å². The fourth-order valence-corrected chi connectivity index (χ4v) is 1.39. The molecule has 2 N–H and O–H groups in total. The summed E-state index contributed by atoms with van der Waals surface area (Å²) >= 11 is 0. The van der Waals surface area contributed by atoms with Crippen molar-refractivity contribution in [3.05, 3.63) is 24.5 Å². The fraction of sp³-hybridized carbons (Fsp3) is 0.300. The molecular weight excluding hydrogens is 178 g/mol. The van der Waals surface area contributed by atoms with Crippen molar-refractivity contribution in [2.45, 2.75) is 18.9 Å². The summed E-state index contributed by atoms with van der Waals surface area (Å²) in [5.74, 6) is 1.72. The topological polar surface area (TPSA) is 53.9 Å². The van der Waals surface area contributed by atoms with E-state index in [1.165, 1.54) is 12.8 Å². The van der Waals surface area contributed by atoms with Crippen LogP contribution in [0.5, 0.6) is 0 Å². The second-order valence-corrected chi connectivity index (χ2v) is 3.56. The number of rotatable bonds is 3. The maximum absolute atomic E-state index is 5.25. The molecule has 1 saturated carbocycles. The van der Waals surface area contributed by atoms with Gasteiger partial charge >= 0.3 is 0 Å². The van der Waals surface area contributed by atoms with Crippen molar-refractivity contribution in [3.63, 3.8) is 0 Å². The van der Waals surface area contributed by atoms with E-state index in [1.54, 1.807) is 6.26 Å². The van der Waals surface area contributed by atoms with Crippen LogP contribution in [0.15, 0.2) is 28.9 Å². The lowest BCUT2D eigenvalue weighted by molar-refractivity contribution is 0.580. The molecule has 14 heavy (non-hydrogen) atoms. The van der Waals surface area contributed by atoms with E-state index in [4.69, 9.17) is 4.42 Å². The Hall–Kier alpha value is -1.71. The van der Waals surface area contributed by atoms with Gasteiger partial charge in [-0.25, -0.2) is 0 Å². The number of aromatic nitrogens is 2. The fourth-order valence-electron chi connectivity index (χ4n) is 1.39. The lowest BCUT2D eigenvalue weighted by Crippen LogP contribution is -2.00. The Morgan fingerprint density at radius 3 is 3.14 bits per heavy atom. The van der Waals surface area contributed by atoms with E-state index in [2.05, 4.69) is 15.5 Å². The summed E-state index contributed by atoms with van der Waals surface area (Å²) in [6, 6.07) is 6.37.